The number of benzene rings is 2. The van der Waals surface area contributed by atoms with Crippen molar-refractivity contribution in [3.8, 4) is 5.75 Å². The molecule has 1 saturated heterocycles. The number of fused-ring (bicyclic) bond motifs is 1. The summed E-state index contributed by atoms with van der Waals surface area (Å²) < 4.78 is 5.95. The average molecular weight is 380 g/mol. The van der Waals surface area contributed by atoms with Gasteiger partial charge in [0.1, 0.15) is 12.4 Å². The Kier molecular flexibility index (Phi) is 5.30. The molecule has 2 amide bonds. The highest BCUT2D eigenvalue weighted by molar-refractivity contribution is 5.96. The Bertz CT molecular complexity index is 855. The Labute approximate surface area is 164 Å². The van der Waals surface area contributed by atoms with Crippen molar-refractivity contribution in [3.05, 3.63) is 60.2 Å². The van der Waals surface area contributed by atoms with Crippen LogP contribution >= 0.6 is 0 Å². The first-order chi connectivity index (χ1) is 13.6. The lowest BCUT2D eigenvalue weighted by atomic mass is 9.97. The van der Waals surface area contributed by atoms with Crippen molar-refractivity contribution in [2.24, 2.45) is 11.7 Å². The number of anilines is 1. The van der Waals surface area contributed by atoms with Crippen molar-refractivity contribution < 1.29 is 19.2 Å². The fourth-order valence-electron chi connectivity index (χ4n) is 4.27. The van der Waals surface area contributed by atoms with Gasteiger partial charge in [-0.1, -0.05) is 42.5 Å². The Balaban J connectivity index is 1.60. The molecule has 1 unspecified atom stereocenters. The van der Waals surface area contributed by atoms with Crippen molar-refractivity contribution in [1.82, 2.24) is 0 Å². The topological polar surface area (TPSA) is 77.1 Å². The van der Waals surface area contributed by atoms with Crippen LogP contribution in [0.25, 0.3) is 0 Å². The maximum absolute atomic E-state index is 13.4. The highest BCUT2D eigenvalue weighted by atomic mass is 16.5. The lowest BCUT2D eigenvalue weighted by Gasteiger charge is -2.38. The number of quaternary nitrogens is 1. The van der Waals surface area contributed by atoms with Gasteiger partial charge in [-0.3, -0.25) is 14.5 Å². The van der Waals surface area contributed by atoms with E-state index >= 15 is 0 Å². The van der Waals surface area contributed by atoms with Crippen LogP contribution in [0.1, 0.15) is 24.4 Å². The van der Waals surface area contributed by atoms with E-state index in [-0.39, 0.29) is 23.8 Å². The number of para-hydroxylation sites is 2. The van der Waals surface area contributed by atoms with Gasteiger partial charge in [0.25, 0.3) is 5.91 Å². The Morgan fingerprint density at radius 2 is 1.86 bits per heavy atom. The number of nitrogens with zero attached hydrogens (tertiary/aromatic N) is 1. The molecule has 28 heavy (non-hydrogen) atoms. The van der Waals surface area contributed by atoms with Crippen LogP contribution in [-0.4, -0.2) is 38.1 Å². The number of carbonyl (C=O) groups is 2. The Morgan fingerprint density at radius 1 is 1.11 bits per heavy atom. The largest absolute Gasteiger partial charge is 0.489 e. The second-order valence-electron chi connectivity index (χ2n) is 7.59. The summed E-state index contributed by atoms with van der Waals surface area (Å²) in [6.45, 7) is 2.29. The average Bonchev–Trinajstić information content (AvgIpc) is 2.73. The molecule has 2 aromatic carbocycles. The number of nitrogens with two attached hydrogens (primary N) is 1. The summed E-state index contributed by atoms with van der Waals surface area (Å²) >= 11 is 0. The predicted octanol–water partition coefficient (Wildman–Crippen LogP) is 0.934. The number of piperidine rings is 1. The third-order valence-corrected chi connectivity index (χ3v) is 5.71. The lowest BCUT2D eigenvalue weighted by Crippen LogP contribution is -3.15. The minimum absolute atomic E-state index is 0.0460. The van der Waals surface area contributed by atoms with E-state index in [1.54, 1.807) is 0 Å². The van der Waals surface area contributed by atoms with Gasteiger partial charge in [-0.25, -0.2) is 0 Å². The van der Waals surface area contributed by atoms with E-state index in [4.69, 9.17) is 10.5 Å². The smallest absolute Gasteiger partial charge is 0.282 e. The summed E-state index contributed by atoms with van der Waals surface area (Å²) in [5.74, 6) is 0.374. The molecule has 0 bridgehead atoms. The molecule has 4 rings (SSSR count). The summed E-state index contributed by atoms with van der Waals surface area (Å²) in [5, 5.41) is 0. The van der Waals surface area contributed by atoms with Gasteiger partial charge in [-0.2, -0.15) is 0 Å². The van der Waals surface area contributed by atoms with Crippen LogP contribution in [0.2, 0.25) is 0 Å². The van der Waals surface area contributed by atoms with Crippen LogP contribution in [0.3, 0.4) is 0 Å². The van der Waals surface area contributed by atoms with E-state index in [1.165, 1.54) is 0 Å². The van der Waals surface area contributed by atoms with Gasteiger partial charge < -0.3 is 15.4 Å². The highest BCUT2D eigenvalue weighted by Crippen LogP contribution is 2.39. The second-order valence-corrected chi connectivity index (χ2v) is 7.59. The zero-order valence-corrected chi connectivity index (χ0v) is 15.8. The van der Waals surface area contributed by atoms with Crippen molar-refractivity contribution >= 4 is 17.5 Å². The van der Waals surface area contributed by atoms with Crippen LogP contribution < -0.4 is 20.3 Å². The van der Waals surface area contributed by atoms with E-state index < -0.39 is 0 Å². The minimum atomic E-state index is -0.261. The minimum Gasteiger partial charge on any atom is -0.489 e. The monoisotopic (exact) mass is 380 g/mol. The SMILES string of the molecule is NC(=O)[C@H]1CCC[NH+](CC(=O)N2c3ccccc3OC[C@@H]2c2ccccc2)C1. The van der Waals surface area contributed by atoms with Crippen LogP contribution in [0.4, 0.5) is 5.69 Å². The van der Waals surface area contributed by atoms with Crippen molar-refractivity contribution in [2.75, 3.05) is 31.1 Å². The van der Waals surface area contributed by atoms with E-state index in [0.29, 0.717) is 19.7 Å². The summed E-state index contributed by atoms with van der Waals surface area (Å²) in [4.78, 5) is 28.0. The van der Waals surface area contributed by atoms with Crippen molar-refractivity contribution in [3.63, 3.8) is 0 Å². The maximum atomic E-state index is 13.4. The fourth-order valence-corrected chi connectivity index (χ4v) is 4.27. The van der Waals surface area contributed by atoms with Gasteiger partial charge in [0.2, 0.25) is 5.91 Å². The molecule has 0 aromatic heterocycles. The van der Waals surface area contributed by atoms with Gasteiger partial charge in [0, 0.05) is 0 Å². The van der Waals surface area contributed by atoms with Gasteiger partial charge in [-0.15, -0.1) is 0 Å². The molecule has 2 aliphatic heterocycles. The summed E-state index contributed by atoms with van der Waals surface area (Å²) in [5.41, 5.74) is 7.35. The van der Waals surface area contributed by atoms with Gasteiger partial charge in [0.05, 0.1) is 30.7 Å². The molecule has 6 nitrogen and oxygen atoms in total. The number of amides is 2. The van der Waals surface area contributed by atoms with E-state index in [9.17, 15) is 9.59 Å². The molecule has 2 aliphatic rings. The predicted molar refractivity (Wildman–Crippen MR) is 106 cm³/mol. The van der Waals surface area contributed by atoms with Crippen LogP contribution in [-0.2, 0) is 9.59 Å². The molecule has 2 heterocycles. The van der Waals surface area contributed by atoms with E-state index in [0.717, 1.165) is 41.3 Å². The first-order valence-corrected chi connectivity index (χ1v) is 9.85. The normalized spacial score (nSPS) is 24.1. The molecule has 0 saturated carbocycles. The first kappa shape index (κ1) is 18.5. The van der Waals surface area contributed by atoms with Crippen LogP contribution in [0.5, 0.6) is 5.75 Å². The molecule has 2 aromatic rings. The van der Waals surface area contributed by atoms with Gasteiger partial charge >= 0.3 is 0 Å². The fraction of sp³-hybridized carbons (Fsp3) is 0.364. The number of hydrogen-bond acceptors (Lipinski definition) is 3. The number of nitrogens with one attached hydrogen (secondary N) is 1. The third kappa shape index (κ3) is 3.73. The van der Waals surface area contributed by atoms with E-state index in [1.807, 2.05) is 59.5 Å². The number of primary amides is 1. The Hall–Kier alpha value is -2.86. The number of ether oxygens (including phenoxy) is 1. The number of carbonyl (C=O) groups excluding carboxylic acids is 2. The van der Waals surface area contributed by atoms with Gasteiger partial charge in [-0.05, 0) is 30.5 Å². The molecule has 0 radical (unpaired) electrons. The highest BCUT2D eigenvalue weighted by Gasteiger charge is 2.36. The van der Waals surface area contributed by atoms with Crippen molar-refractivity contribution in [2.45, 2.75) is 18.9 Å². The summed E-state index contributed by atoms with van der Waals surface area (Å²) in [6.07, 6.45) is 1.73. The molecular weight excluding hydrogens is 354 g/mol. The number of rotatable bonds is 4. The van der Waals surface area contributed by atoms with Crippen molar-refractivity contribution in [1.29, 1.82) is 0 Å². The molecule has 3 atom stereocenters. The van der Waals surface area contributed by atoms with Crippen LogP contribution in [0.15, 0.2) is 54.6 Å². The molecule has 6 heteroatoms. The van der Waals surface area contributed by atoms with Gasteiger partial charge in [0.15, 0.2) is 6.54 Å². The summed E-state index contributed by atoms with van der Waals surface area (Å²) in [6, 6.07) is 17.5. The van der Waals surface area contributed by atoms with E-state index in [2.05, 4.69) is 0 Å². The molecule has 0 spiro atoms. The maximum Gasteiger partial charge on any atom is 0.282 e. The zero-order valence-electron chi connectivity index (χ0n) is 15.8. The Morgan fingerprint density at radius 3 is 2.64 bits per heavy atom. The summed E-state index contributed by atoms with van der Waals surface area (Å²) in [7, 11) is 0. The second kappa shape index (κ2) is 8.02. The standard InChI is InChI=1S/C22H25N3O3/c23-22(27)17-9-6-12-24(13-17)14-21(26)25-18-10-4-5-11-20(18)28-15-19(25)16-7-2-1-3-8-16/h1-5,7-8,10-11,17,19H,6,9,12-15H2,(H2,23,27)/p+1/t17-,19+/m0/s1. The number of likely N-dealkylation sites (tertiary alicyclic amines) is 1. The molecule has 0 aliphatic carbocycles. The molecule has 3 N–H and O–H groups in total. The third-order valence-electron chi connectivity index (χ3n) is 5.71. The lowest BCUT2D eigenvalue weighted by molar-refractivity contribution is -0.899. The molecule has 1 fully saturated rings. The first-order valence-electron chi connectivity index (χ1n) is 9.85. The zero-order chi connectivity index (χ0) is 19.5. The number of hydrogen-bond donors (Lipinski definition) is 2. The molecular formula is C22H26N3O3+. The van der Waals surface area contributed by atoms with Crippen LogP contribution in [0, 0.1) is 5.92 Å². The quantitative estimate of drug-likeness (QED) is 0.829. The molecule has 146 valence electrons.